The van der Waals surface area contributed by atoms with Crippen LogP contribution in [-0.4, -0.2) is 23.0 Å². The van der Waals surface area contributed by atoms with Gasteiger partial charge in [0.15, 0.2) is 0 Å². The number of fused-ring (bicyclic) bond motifs is 1. The van der Waals surface area contributed by atoms with Gasteiger partial charge in [0.1, 0.15) is 5.65 Å². The Morgan fingerprint density at radius 1 is 1.50 bits per heavy atom. The minimum absolute atomic E-state index is 0.0962. The largest absolute Gasteiger partial charge is 0.482 e. The average molecular weight is 245 g/mol. The van der Waals surface area contributed by atoms with E-state index in [1.165, 1.54) is 4.40 Å². The lowest BCUT2D eigenvalue weighted by Crippen LogP contribution is -2.21. The SMILES string of the molecule is COc1cccc2nc(C3CCCN3)cc(=O)n12. The quantitative estimate of drug-likeness (QED) is 0.861. The maximum atomic E-state index is 12.2. The molecule has 2 aromatic rings. The maximum Gasteiger partial charge on any atom is 0.261 e. The fraction of sp³-hybridized carbons (Fsp3) is 0.385. The molecule has 1 N–H and O–H groups in total. The van der Waals surface area contributed by atoms with Crippen molar-refractivity contribution in [1.82, 2.24) is 14.7 Å². The molecule has 0 amide bonds. The third-order valence-corrected chi connectivity index (χ3v) is 3.30. The highest BCUT2D eigenvalue weighted by atomic mass is 16.5. The molecule has 0 aliphatic carbocycles. The first-order valence-corrected chi connectivity index (χ1v) is 6.10. The van der Waals surface area contributed by atoms with E-state index in [-0.39, 0.29) is 11.6 Å². The van der Waals surface area contributed by atoms with Gasteiger partial charge < -0.3 is 10.1 Å². The number of methoxy groups -OCH3 is 1. The summed E-state index contributed by atoms with van der Waals surface area (Å²) >= 11 is 0. The van der Waals surface area contributed by atoms with Gasteiger partial charge in [-0.15, -0.1) is 0 Å². The van der Waals surface area contributed by atoms with E-state index in [0.29, 0.717) is 11.5 Å². The molecule has 1 saturated heterocycles. The van der Waals surface area contributed by atoms with Crippen LogP contribution >= 0.6 is 0 Å². The lowest BCUT2D eigenvalue weighted by molar-refractivity contribution is 0.390. The third kappa shape index (κ3) is 1.76. The summed E-state index contributed by atoms with van der Waals surface area (Å²) < 4.78 is 6.67. The van der Waals surface area contributed by atoms with Gasteiger partial charge in [0, 0.05) is 12.1 Å². The molecule has 1 fully saturated rings. The second kappa shape index (κ2) is 4.42. The van der Waals surface area contributed by atoms with E-state index < -0.39 is 0 Å². The molecule has 94 valence electrons. The van der Waals surface area contributed by atoms with E-state index in [0.717, 1.165) is 25.1 Å². The third-order valence-electron chi connectivity index (χ3n) is 3.30. The van der Waals surface area contributed by atoms with Crippen molar-refractivity contribution >= 4 is 5.65 Å². The van der Waals surface area contributed by atoms with Crippen LogP contribution < -0.4 is 15.6 Å². The number of ether oxygens (including phenoxy) is 1. The molecule has 18 heavy (non-hydrogen) atoms. The molecule has 3 heterocycles. The van der Waals surface area contributed by atoms with Gasteiger partial charge in [-0.2, -0.15) is 0 Å². The highest BCUT2D eigenvalue weighted by molar-refractivity contribution is 5.42. The van der Waals surface area contributed by atoms with Gasteiger partial charge >= 0.3 is 0 Å². The van der Waals surface area contributed by atoms with Crippen molar-refractivity contribution in [1.29, 1.82) is 0 Å². The number of nitrogens with zero attached hydrogens (tertiary/aromatic N) is 2. The van der Waals surface area contributed by atoms with Crippen LogP contribution in [0.1, 0.15) is 24.6 Å². The van der Waals surface area contributed by atoms with Crippen molar-refractivity contribution in [2.45, 2.75) is 18.9 Å². The van der Waals surface area contributed by atoms with Crippen LogP contribution in [0, 0.1) is 0 Å². The summed E-state index contributed by atoms with van der Waals surface area (Å²) in [7, 11) is 1.55. The zero-order valence-electron chi connectivity index (χ0n) is 10.2. The summed E-state index contributed by atoms with van der Waals surface area (Å²) in [5.41, 5.74) is 1.36. The minimum Gasteiger partial charge on any atom is -0.482 e. The van der Waals surface area contributed by atoms with E-state index in [1.54, 1.807) is 19.2 Å². The van der Waals surface area contributed by atoms with Crippen LogP contribution in [0.5, 0.6) is 5.88 Å². The Morgan fingerprint density at radius 2 is 2.39 bits per heavy atom. The van der Waals surface area contributed by atoms with Crippen molar-refractivity contribution in [2.24, 2.45) is 0 Å². The lowest BCUT2D eigenvalue weighted by atomic mass is 10.1. The normalized spacial score (nSPS) is 19.3. The maximum absolute atomic E-state index is 12.2. The van der Waals surface area contributed by atoms with E-state index >= 15 is 0 Å². The predicted molar refractivity (Wildman–Crippen MR) is 68.0 cm³/mol. The molecule has 1 aliphatic rings. The van der Waals surface area contributed by atoms with E-state index in [2.05, 4.69) is 10.3 Å². The van der Waals surface area contributed by atoms with Crippen molar-refractivity contribution in [3.63, 3.8) is 0 Å². The van der Waals surface area contributed by atoms with Crippen molar-refractivity contribution in [3.8, 4) is 5.88 Å². The molecule has 1 atom stereocenters. The average Bonchev–Trinajstić information content (AvgIpc) is 2.91. The van der Waals surface area contributed by atoms with Gasteiger partial charge in [0.2, 0.25) is 5.88 Å². The fourth-order valence-corrected chi connectivity index (χ4v) is 2.42. The summed E-state index contributed by atoms with van der Waals surface area (Å²) in [4.78, 5) is 16.7. The fourth-order valence-electron chi connectivity index (χ4n) is 2.42. The summed E-state index contributed by atoms with van der Waals surface area (Å²) in [6.07, 6.45) is 2.16. The van der Waals surface area contributed by atoms with Gasteiger partial charge in [-0.25, -0.2) is 9.38 Å². The minimum atomic E-state index is -0.0962. The van der Waals surface area contributed by atoms with Crippen LogP contribution in [0.25, 0.3) is 5.65 Å². The highest BCUT2D eigenvalue weighted by Gasteiger charge is 2.19. The number of hydrogen-bond donors (Lipinski definition) is 1. The molecule has 0 spiro atoms. The summed E-state index contributed by atoms with van der Waals surface area (Å²) in [5.74, 6) is 0.510. The topological polar surface area (TPSA) is 55.6 Å². The molecular weight excluding hydrogens is 230 g/mol. The molecule has 0 aromatic carbocycles. The first-order valence-electron chi connectivity index (χ1n) is 6.10. The second-order valence-corrected chi connectivity index (χ2v) is 4.43. The first kappa shape index (κ1) is 11.2. The van der Waals surface area contributed by atoms with Crippen LogP contribution in [0.15, 0.2) is 29.1 Å². The molecule has 1 unspecified atom stereocenters. The monoisotopic (exact) mass is 245 g/mol. The Bertz CT molecular complexity index is 630. The Balaban J connectivity index is 2.19. The zero-order valence-corrected chi connectivity index (χ0v) is 10.2. The van der Waals surface area contributed by atoms with Crippen molar-refractivity contribution in [3.05, 3.63) is 40.3 Å². The zero-order chi connectivity index (χ0) is 12.5. The number of pyridine rings is 1. The Hall–Kier alpha value is -1.88. The highest BCUT2D eigenvalue weighted by Crippen LogP contribution is 2.21. The Labute approximate surface area is 104 Å². The van der Waals surface area contributed by atoms with Gasteiger partial charge in [-0.3, -0.25) is 4.79 Å². The summed E-state index contributed by atoms with van der Waals surface area (Å²) in [5, 5.41) is 3.35. The van der Waals surface area contributed by atoms with Gasteiger partial charge in [0.25, 0.3) is 5.56 Å². The number of rotatable bonds is 2. The molecule has 0 bridgehead atoms. The number of nitrogens with one attached hydrogen (secondary N) is 1. The molecule has 2 aromatic heterocycles. The molecule has 5 heteroatoms. The first-order chi connectivity index (χ1) is 8.79. The smallest absolute Gasteiger partial charge is 0.261 e. The number of aromatic nitrogens is 2. The molecule has 1 aliphatic heterocycles. The Morgan fingerprint density at radius 3 is 3.11 bits per heavy atom. The van der Waals surface area contributed by atoms with E-state index in [1.807, 2.05) is 12.1 Å². The summed E-state index contributed by atoms with van der Waals surface area (Å²) in [6.45, 7) is 0.990. The van der Waals surface area contributed by atoms with E-state index in [9.17, 15) is 4.79 Å². The summed E-state index contributed by atoms with van der Waals surface area (Å²) in [6, 6.07) is 7.21. The van der Waals surface area contributed by atoms with Crippen LogP contribution in [0.4, 0.5) is 0 Å². The van der Waals surface area contributed by atoms with Gasteiger partial charge in [0.05, 0.1) is 12.8 Å². The molecule has 0 saturated carbocycles. The molecule has 0 radical (unpaired) electrons. The standard InChI is InChI=1S/C13H15N3O2/c1-18-13-6-2-5-11-15-10(8-12(17)16(11)13)9-4-3-7-14-9/h2,5-6,8-9,14H,3-4,7H2,1H3. The van der Waals surface area contributed by atoms with Crippen molar-refractivity contribution in [2.75, 3.05) is 13.7 Å². The predicted octanol–water partition coefficient (Wildman–Crippen LogP) is 1.13. The second-order valence-electron chi connectivity index (χ2n) is 4.43. The number of hydrogen-bond acceptors (Lipinski definition) is 4. The van der Waals surface area contributed by atoms with Crippen LogP contribution in [0.2, 0.25) is 0 Å². The van der Waals surface area contributed by atoms with Crippen LogP contribution in [-0.2, 0) is 0 Å². The lowest BCUT2D eigenvalue weighted by Gasteiger charge is -2.12. The van der Waals surface area contributed by atoms with Crippen molar-refractivity contribution < 1.29 is 4.74 Å². The van der Waals surface area contributed by atoms with Gasteiger partial charge in [-0.1, -0.05) is 6.07 Å². The van der Waals surface area contributed by atoms with Gasteiger partial charge in [-0.05, 0) is 31.5 Å². The molecular formula is C13H15N3O2. The van der Waals surface area contributed by atoms with Crippen LogP contribution in [0.3, 0.4) is 0 Å². The molecule has 5 nitrogen and oxygen atoms in total. The van der Waals surface area contributed by atoms with E-state index in [4.69, 9.17) is 4.74 Å². The Kier molecular flexibility index (Phi) is 2.76. The molecule has 3 rings (SSSR count).